The second-order valence-corrected chi connectivity index (χ2v) is 9.01. The Morgan fingerprint density at radius 1 is 1.23 bits per heavy atom. The quantitative estimate of drug-likeness (QED) is 0.836. The molecule has 0 radical (unpaired) electrons. The van der Waals surface area contributed by atoms with Crippen molar-refractivity contribution in [3.8, 4) is 11.3 Å². The van der Waals surface area contributed by atoms with E-state index in [1.165, 1.54) is 0 Å². The average Bonchev–Trinajstić information content (AvgIpc) is 3.25. The van der Waals surface area contributed by atoms with E-state index < -0.39 is 9.84 Å². The summed E-state index contributed by atoms with van der Waals surface area (Å²) in [5, 5.41) is 6.77. The van der Waals surface area contributed by atoms with Gasteiger partial charge in [-0.05, 0) is 38.3 Å². The van der Waals surface area contributed by atoms with Crippen molar-refractivity contribution in [2.24, 2.45) is 0 Å². The Hall–Kier alpha value is -2.15. The average molecular weight is 376 g/mol. The molecule has 26 heavy (non-hydrogen) atoms. The minimum absolute atomic E-state index is 0.0239. The Morgan fingerprint density at radius 2 is 1.96 bits per heavy atom. The van der Waals surface area contributed by atoms with Crippen molar-refractivity contribution in [1.82, 2.24) is 10.5 Å². The number of aryl methyl sites for hydroxylation is 2. The van der Waals surface area contributed by atoms with E-state index in [9.17, 15) is 13.2 Å². The van der Waals surface area contributed by atoms with E-state index in [0.29, 0.717) is 16.9 Å². The van der Waals surface area contributed by atoms with Crippen LogP contribution >= 0.6 is 0 Å². The molecule has 140 valence electrons. The molecule has 0 spiro atoms. The van der Waals surface area contributed by atoms with E-state index in [1.54, 1.807) is 31.2 Å². The molecule has 1 aromatic heterocycles. The SMILES string of the molecule is Cc1cc(-c2ccc(C)c(S(=O)(=O)CCC(=O)NC3CCCC3)c2)on1. The first-order valence-corrected chi connectivity index (χ1v) is 10.6. The number of hydrogen-bond donors (Lipinski definition) is 1. The summed E-state index contributed by atoms with van der Waals surface area (Å²) in [5.41, 5.74) is 2.04. The number of carbonyl (C=O) groups is 1. The molecular formula is C19H24N2O4S. The maximum absolute atomic E-state index is 12.8. The van der Waals surface area contributed by atoms with Gasteiger partial charge in [-0.2, -0.15) is 0 Å². The molecule has 0 bridgehead atoms. The van der Waals surface area contributed by atoms with Gasteiger partial charge in [0.25, 0.3) is 0 Å². The molecule has 1 aromatic carbocycles. The fraction of sp³-hybridized carbons (Fsp3) is 0.474. The van der Waals surface area contributed by atoms with E-state index in [0.717, 1.165) is 31.4 Å². The third kappa shape index (κ3) is 4.33. The predicted molar refractivity (Wildman–Crippen MR) is 98.5 cm³/mol. The maximum Gasteiger partial charge on any atom is 0.221 e. The third-order valence-corrected chi connectivity index (χ3v) is 6.61. The molecule has 1 aliphatic rings. The smallest absolute Gasteiger partial charge is 0.221 e. The largest absolute Gasteiger partial charge is 0.356 e. The van der Waals surface area contributed by atoms with Gasteiger partial charge in [0.1, 0.15) is 0 Å². The van der Waals surface area contributed by atoms with Crippen LogP contribution in [0.25, 0.3) is 11.3 Å². The van der Waals surface area contributed by atoms with Crippen molar-refractivity contribution < 1.29 is 17.7 Å². The molecule has 1 fully saturated rings. The number of nitrogens with zero attached hydrogens (tertiary/aromatic N) is 1. The summed E-state index contributed by atoms with van der Waals surface area (Å²) in [5.74, 6) is 0.128. The topological polar surface area (TPSA) is 89.3 Å². The van der Waals surface area contributed by atoms with Gasteiger partial charge < -0.3 is 9.84 Å². The van der Waals surface area contributed by atoms with Crippen LogP contribution in [0.1, 0.15) is 43.4 Å². The van der Waals surface area contributed by atoms with Crippen LogP contribution in [0, 0.1) is 13.8 Å². The Kier molecular flexibility index (Phi) is 5.46. The third-order valence-electron chi connectivity index (χ3n) is 4.75. The summed E-state index contributed by atoms with van der Waals surface area (Å²) < 4.78 is 30.7. The monoisotopic (exact) mass is 376 g/mol. The van der Waals surface area contributed by atoms with Crippen molar-refractivity contribution >= 4 is 15.7 Å². The molecule has 0 saturated heterocycles. The normalized spacial score (nSPS) is 15.3. The van der Waals surface area contributed by atoms with Crippen molar-refractivity contribution in [2.75, 3.05) is 5.75 Å². The van der Waals surface area contributed by atoms with Gasteiger partial charge >= 0.3 is 0 Å². The van der Waals surface area contributed by atoms with Gasteiger partial charge in [0.05, 0.1) is 16.3 Å². The molecule has 1 heterocycles. The highest BCUT2D eigenvalue weighted by Crippen LogP contribution is 2.26. The number of hydrogen-bond acceptors (Lipinski definition) is 5. The van der Waals surface area contributed by atoms with Crippen molar-refractivity contribution in [3.63, 3.8) is 0 Å². The number of nitrogens with one attached hydrogen (secondary N) is 1. The lowest BCUT2D eigenvalue weighted by molar-refractivity contribution is -0.121. The first-order chi connectivity index (χ1) is 12.3. The lowest BCUT2D eigenvalue weighted by atomic mass is 10.1. The fourth-order valence-corrected chi connectivity index (χ4v) is 4.83. The number of sulfone groups is 1. The summed E-state index contributed by atoms with van der Waals surface area (Å²) in [6, 6.07) is 7.11. The van der Waals surface area contributed by atoms with Crippen LogP contribution in [-0.2, 0) is 14.6 Å². The minimum atomic E-state index is -3.57. The zero-order chi connectivity index (χ0) is 18.7. The van der Waals surface area contributed by atoms with Crippen molar-refractivity contribution in [2.45, 2.75) is 56.9 Å². The number of benzene rings is 1. The van der Waals surface area contributed by atoms with Crippen LogP contribution < -0.4 is 5.32 Å². The van der Waals surface area contributed by atoms with Gasteiger partial charge in [0, 0.05) is 24.1 Å². The van der Waals surface area contributed by atoms with Crippen LogP contribution in [-0.4, -0.2) is 31.3 Å². The summed E-state index contributed by atoms with van der Waals surface area (Å²) in [7, 11) is -3.57. The van der Waals surface area contributed by atoms with Gasteiger partial charge in [-0.25, -0.2) is 8.42 Å². The molecule has 3 rings (SSSR count). The molecular weight excluding hydrogens is 352 g/mol. The first-order valence-electron chi connectivity index (χ1n) is 8.91. The zero-order valence-electron chi connectivity index (χ0n) is 15.1. The maximum atomic E-state index is 12.8. The van der Waals surface area contributed by atoms with E-state index in [2.05, 4.69) is 10.5 Å². The molecule has 2 aromatic rings. The Labute approximate surface area is 153 Å². The molecule has 0 atom stereocenters. The molecule has 0 aliphatic heterocycles. The lowest BCUT2D eigenvalue weighted by Crippen LogP contribution is -2.33. The zero-order valence-corrected chi connectivity index (χ0v) is 15.9. The van der Waals surface area contributed by atoms with Gasteiger partial charge in [-0.1, -0.05) is 30.1 Å². The van der Waals surface area contributed by atoms with E-state index >= 15 is 0 Å². The standard InChI is InChI=1S/C19H24N2O4S/c1-13-7-8-15(17-11-14(2)21-25-17)12-18(13)26(23,24)10-9-19(22)20-16-5-3-4-6-16/h7-8,11-12,16H,3-6,9-10H2,1-2H3,(H,20,22). The number of aromatic nitrogens is 1. The second-order valence-electron chi connectivity index (χ2n) is 6.93. The van der Waals surface area contributed by atoms with Gasteiger partial charge in [0.2, 0.25) is 5.91 Å². The fourth-order valence-electron chi connectivity index (χ4n) is 3.30. The van der Waals surface area contributed by atoms with Crippen LogP contribution in [0.3, 0.4) is 0 Å². The molecule has 1 aliphatic carbocycles. The van der Waals surface area contributed by atoms with Crippen molar-refractivity contribution in [1.29, 1.82) is 0 Å². The molecule has 6 nitrogen and oxygen atoms in total. The van der Waals surface area contributed by atoms with Crippen molar-refractivity contribution in [3.05, 3.63) is 35.5 Å². The van der Waals surface area contributed by atoms with E-state index in [-0.39, 0.29) is 29.0 Å². The van der Waals surface area contributed by atoms with Crippen LogP contribution in [0.2, 0.25) is 0 Å². The van der Waals surface area contributed by atoms with Gasteiger partial charge in [-0.15, -0.1) is 0 Å². The summed E-state index contributed by atoms with van der Waals surface area (Å²) in [6.07, 6.45) is 4.18. The Bertz CT molecular complexity index is 896. The van der Waals surface area contributed by atoms with Gasteiger partial charge in [-0.3, -0.25) is 4.79 Å². The molecule has 1 amide bonds. The highest BCUT2D eigenvalue weighted by atomic mass is 32.2. The molecule has 7 heteroatoms. The number of carbonyl (C=O) groups excluding carboxylic acids is 1. The number of rotatable bonds is 6. The van der Waals surface area contributed by atoms with Crippen LogP contribution in [0.5, 0.6) is 0 Å². The Balaban J connectivity index is 1.72. The summed E-state index contributed by atoms with van der Waals surface area (Å²) in [4.78, 5) is 12.3. The van der Waals surface area contributed by atoms with Crippen LogP contribution in [0.4, 0.5) is 0 Å². The van der Waals surface area contributed by atoms with E-state index in [4.69, 9.17) is 4.52 Å². The highest BCUT2D eigenvalue weighted by molar-refractivity contribution is 7.91. The minimum Gasteiger partial charge on any atom is -0.356 e. The summed E-state index contributed by atoms with van der Waals surface area (Å²) in [6.45, 7) is 3.56. The predicted octanol–water partition coefficient (Wildman–Crippen LogP) is 3.18. The molecule has 1 N–H and O–H groups in total. The summed E-state index contributed by atoms with van der Waals surface area (Å²) >= 11 is 0. The number of amides is 1. The Morgan fingerprint density at radius 3 is 2.62 bits per heavy atom. The first kappa shape index (κ1) is 18.6. The van der Waals surface area contributed by atoms with Crippen LogP contribution in [0.15, 0.2) is 33.7 Å². The van der Waals surface area contributed by atoms with Gasteiger partial charge in [0.15, 0.2) is 15.6 Å². The molecule has 0 unspecified atom stereocenters. The highest BCUT2D eigenvalue weighted by Gasteiger charge is 2.22. The lowest BCUT2D eigenvalue weighted by Gasteiger charge is -2.13. The van der Waals surface area contributed by atoms with E-state index in [1.807, 2.05) is 6.92 Å². The second kappa shape index (κ2) is 7.61. The molecule has 1 saturated carbocycles.